The fourth-order valence-corrected chi connectivity index (χ4v) is 4.69. The number of carbonyl (C=O) groups is 1. The summed E-state index contributed by atoms with van der Waals surface area (Å²) in [5.74, 6) is 0.469. The first-order chi connectivity index (χ1) is 14.4. The van der Waals surface area contributed by atoms with Crippen LogP contribution < -0.4 is 5.56 Å². The highest BCUT2D eigenvalue weighted by atomic mass is 35.5. The van der Waals surface area contributed by atoms with E-state index in [1.54, 1.807) is 16.5 Å². The van der Waals surface area contributed by atoms with Gasteiger partial charge in [-0.3, -0.25) is 18.8 Å². The minimum atomic E-state index is -0.336. The molecule has 1 aliphatic rings. The number of aryl methyl sites for hydroxylation is 1. The van der Waals surface area contributed by atoms with Crippen LogP contribution >= 0.6 is 23.4 Å². The summed E-state index contributed by atoms with van der Waals surface area (Å²) in [6, 6.07) is 7.67. The molecule has 4 rings (SSSR count). The molecule has 0 saturated carbocycles. The number of hydrogen-bond acceptors (Lipinski definition) is 5. The number of thioether (sulfide) groups is 1. The third-order valence-corrected chi connectivity index (χ3v) is 6.68. The van der Waals surface area contributed by atoms with E-state index in [-0.39, 0.29) is 17.0 Å². The van der Waals surface area contributed by atoms with Crippen LogP contribution in [0.25, 0.3) is 0 Å². The standard InChI is InChI=1S/C21H22ClN5O2S/c1-13-17(14(2)27(24-13)11-15-6-4-5-7-18(15)22)12-25(3)19(28)16-10-23-21-26(20(16)29)8-9-30-21/h4-7,10H,8-9,11-12H2,1-3H3. The topological polar surface area (TPSA) is 73.0 Å². The van der Waals surface area contributed by atoms with Crippen LogP contribution in [0.15, 0.2) is 40.4 Å². The highest BCUT2D eigenvalue weighted by molar-refractivity contribution is 7.99. The van der Waals surface area contributed by atoms with Crippen molar-refractivity contribution >= 4 is 29.3 Å². The number of rotatable bonds is 5. The first-order valence-electron chi connectivity index (χ1n) is 9.61. The predicted octanol–water partition coefficient (Wildman–Crippen LogP) is 3.14. The Balaban J connectivity index is 1.56. The van der Waals surface area contributed by atoms with Crippen LogP contribution in [0.3, 0.4) is 0 Å². The summed E-state index contributed by atoms with van der Waals surface area (Å²) in [5.41, 5.74) is 3.58. The molecule has 3 heterocycles. The summed E-state index contributed by atoms with van der Waals surface area (Å²) in [6.07, 6.45) is 1.39. The first-order valence-corrected chi connectivity index (χ1v) is 11.0. The highest BCUT2D eigenvalue weighted by Gasteiger charge is 2.23. The van der Waals surface area contributed by atoms with Gasteiger partial charge in [-0.05, 0) is 25.5 Å². The van der Waals surface area contributed by atoms with Gasteiger partial charge in [0.2, 0.25) is 0 Å². The minimum absolute atomic E-state index is 0.0996. The average Bonchev–Trinajstić information content (AvgIpc) is 3.30. The van der Waals surface area contributed by atoms with Gasteiger partial charge in [-0.15, -0.1) is 0 Å². The fraction of sp³-hybridized carbons (Fsp3) is 0.333. The van der Waals surface area contributed by atoms with Gasteiger partial charge in [0, 0.05) is 48.4 Å². The summed E-state index contributed by atoms with van der Waals surface area (Å²) in [7, 11) is 1.69. The molecule has 1 amide bonds. The van der Waals surface area contributed by atoms with Gasteiger partial charge in [0.25, 0.3) is 11.5 Å². The van der Waals surface area contributed by atoms with Gasteiger partial charge in [0.15, 0.2) is 5.16 Å². The van der Waals surface area contributed by atoms with Gasteiger partial charge in [-0.1, -0.05) is 41.6 Å². The Hall–Kier alpha value is -2.58. The zero-order chi connectivity index (χ0) is 21.4. The molecule has 0 atom stereocenters. The number of benzene rings is 1. The zero-order valence-corrected chi connectivity index (χ0v) is 18.6. The molecule has 0 bridgehead atoms. The second-order valence-electron chi connectivity index (χ2n) is 7.32. The van der Waals surface area contributed by atoms with Crippen LogP contribution in [0.5, 0.6) is 0 Å². The number of hydrogen-bond donors (Lipinski definition) is 0. The Morgan fingerprint density at radius 1 is 1.30 bits per heavy atom. The summed E-state index contributed by atoms with van der Waals surface area (Å²) in [4.78, 5) is 31.4. The minimum Gasteiger partial charge on any atom is -0.337 e. The van der Waals surface area contributed by atoms with Crippen LogP contribution in [0.2, 0.25) is 5.02 Å². The maximum Gasteiger partial charge on any atom is 0.267 e. The van der Waals surface area contributed by atoms with Crippen molar-refractivity contribution in [2.75, 3.05) is 12.8 Å². The Morgan fingerprint density at radius 2 is 2.07 bits per heavy atom. The molecule has 0 N–H and O–H groups in total. The lowest BCUT2D eigenvalue weighted by Gasteiger charge is -2.18. The second kappa shape index (κ2) is 8.28. The predicted molar refractivity (Wildman–Crippen MR) is 117 cm³/mol. The maximum atomic E-state index is 13.0. The summed E-state index contributed by atoms with van der Waals surface area (Å²) in [5, 5.41) is 6.00. The molecular formula is C21H22ClN5O2S. The number of aromatic nitrogens is 4. The Labute approximate surface area is 183 Å². The molecule has 0 unspecified atom stereocenters. The fourth-order valence-electron chi connectivity index (χ4n) is 3.58. The van der Waals surface area contributed by atoms with E-state index in [9.17, 15) is 9.59 Å². The molecule has 0 fully saturated rings. The Kier molecular flexibility index (Phi) is 5.71. The van der Waals surface area contributed by atoms with Gasteiger partial charge in [-0.25, -0.2) is 4.98 Å². The number of nitrogens with zero attached hydrogens (tertiary/aromatic N) is 5. The Bertz CT molecular complexity index is 1190. The molecule has 156 valence electrons. The van der Waals surface area contributed by atoms with Crippen molar-refractivity contribution in [2.45, 2.75) is 38.6 Å². The third kappa shape index (κ3) is 3.77. The number of amides is 1. The van der Waals surface area contributed by atoms with Gasteiger partial charge in [-0.2, -0.15) is 5.10 Å². The van der Waals surface area contributed by atoms with Gasteiger partial charge in [0.1, 0.15) is 5.56 Å². The van der Waals surface area contributed by atoms with E-state index in [0.29, 0.717) is 29.8 Å². The van der Waals surface area contributed by atoms with Crippen molar-refractivity contribution in [3.63, 3.8) is 0 Å². The first kappa shape index (κ1) is 20.7. The molecule has 0 saturated heterocycles. The quantitative estimate of drug-likeness (QED) is 0.566. The number of halogens is 1. The van der Waals surface area contributed by atoms with E-state index < -0.39 is 0 Å². The lowest BCUT2D eigenvalue weighted by molar-refractivity contribution is 0.0781. The molecule has 0 radical (unpaired) electrons. The van der Waals surface area contributed by atoms with Gasteiger partial charge < -0.3 is 4.90 Å². The van der Waals surface area contributed by atoms with Crippen LogP contribution in [0, 0.1) is 13.8 Å². The van der Waals surface area contributed by atoms with E-state index >= 15 is 0 Å². The van der Waals surface area contributed by atoms with E-state index in [2.05, 4.69) is 10.1 Å². The van der Waals surface area contributed by atoms with Crippen LogP contribution in [0.4, 0.5) is 0 Å². The van der Waals surface area contributed by atoms with E-state index in [1.165, 1.54) is 18.0 Å². The van der Waals surface area contributed by atoms with Crippen molar-refractivity contribution in [3.05, 3.63) is 73.9 Å². The largest absolute Gasteiger partial charge is 0.337 e. The smallest absolute Gasteiger partial charge is 0.267 e. The second-order valence-corrected chi connectivity index (χ2v) is 8.79. The maximum absolute atomic E-state index is 13.0. The van der Waals surface area contributed by atoms with Crippen LogP contribution in [0.1, 0.15) is 32.9 Å². The van der Waals surface area contributed by atoms with Crippen LogP contribution in [-0.2, 0) is 19.6 Å². The average molecular weight is 444 g/mol. The lowest BCUT2D eigenvalue weighted by Crippen LogP contribution is -2.34. The summed E-state index contributed by atoms with van der Waals surface area (Å²) < 4.78 is 3.47. The van der Waals surface area contributed by atoms with Crippen molar-refractivity contribution in [2.24, 2.45) is 0 Å². The van der Waals surface area contributed by atoms with Crippen molar-refractivity contribution in [1.29, 1.82) is 0 Å². The molecule has 30 heavy (non-hydrogen) atoms. The van der Waals surface area contributed by atoms with E-state index in [0.717, 1.165) is 28.3 Å². The summed E-state index contributed by atoms with van der Waals surface area (Å²) in [6.45, 7) is 5.40. The summed E-state index contributed by atoms with van der Waals surface area (Å²) >= 11 is 7.82. The molecule has 1 aliphatic heterocycles. The van der Waals surface area contributed by atoms with Crippen molar-refractivity contribution in [1.82, 2.24) is 24.2 Å². The normalized spacial score (nSPS) is 12.8. The van der Waals surface area contributed by atoms with Crippen molar-refractivity contribution in [3.8, 4) is 0 Å². The van der Waals surface area contributed by atoms with Gasteiger partial charge in [0.05, 0.1) is 12.2 Å². The lowest BCUT2D eigenvalue weighted by atomic mass is 10.1. The third-order valence-electron chi connectivity index (χ3n) is 5.34. The molecule has 9 heteroatoms. The molecule has 7 nitrogen and oxygen atoms in total. The number of fused-ring (bicyclic) bond motifs is 1. The zero-order valence-electron chi connectivity index (χ0n) is 17.1. The molecule has 0 spiro atoms. The van der Waals surface area contributed by atoms with E-state index in [1.807, 2.05) is 42.8 Å². The van der Waals surface area contributed by atoms with E-state index in [4.69, 9.17) is 11.6 Å². The molecule has 2 aromatic heterocycles. The monoisotopic (exact) mass is 443 g/mol. The molecule has 0 aliphatic carbocycles. The van der Waals surface area contributed by atoms with Crippen LogP contribution in [-0.4, -0.2) is 42.9 Å². The Morgan fingerprint density at radius 3 is 2.83 bits per heavy atom. The van der Waals surface area contributed by atoms with Gasteiger partial charge >= 0.3 is 0 Å². The van der Waals surface area contributed by atoms with Crippen molar-refractivity contribution < 1.29 is 4.79 Å². The molecule has 3 aromatic rings. The number of carbonyl (C=O) groups excluding carboxylic acids is 1. The molecule has 1 aromatic carbocycles. The SMILES string of the molecule is Cc1nn(Cc2ccccc2Cl)c(C)c1CN(C)C(=O)c1cnc2n(c1=O)CCS2. The molecular weight excluding hydrogens is 422 g/mol. The highest BCUT2D eigenvalue weighted by Crippen LogP contribution is 2.22.